The molecule has 0 aromatic carbocycles. The minimum atomic E-state index is -0.527. The molecule has 1 heterocycles. The summed E-state index contributed by atoms with van der Waals surface area (Å²) >= 11 is 0. The SMILES string of the molecule is CCN(CC1CCCO1)C(=O)C(CN)OC. The topological polar surface area (TPSA) is 64.8 Å². The summed E-state index contributed by atoms with van der Waals surface area (Å²) in [5.41, 5.74) is 5.48. The third kappa shape index (κ3) is 3.43. The lowest BCUT2D eigenvalue weighted by molar-refractivity contribution is -0.142. The number of methoxy groups -OCH3 is 1. The molecule has 5 heteroatoms. The average molecular weight is 230 g/mol. The van der Waals surface area contributed by atoms with Gasteiger partial charge < -0.3 is 20.1 Å². The fourth-order valence-corrected chi connectivity index (χ4v) is 1.91. The molecule has 0 aromatic rings. The van der Waals surface area contributed by atoms with E-state index in [9.17, 15) is 4.79 Å². The van der Waals surface area contributed by atoms with Gasteiger partial charge in [0.15, 0.2) is 0 Å². The molecule has 5 nitrogen and oxygen atoms in total. The molecule has 0 aromatic heterocycles. The maximum Gasteiger partial charge on any atom is 0.253 e. The summed E-state index contributed by atoms with van der Waals surface area (Å²) in [5, 5.41) is 0. The Bertz CT molecular complexity index is 213. The van der Waals surface area contributed by atoms with Crippen molar-refractivity contribution in [2.45, 2.75) is 32.0 Å². The third-order valence-corrected chi connectivity index (χ3v) is 2.92. The fourth-order valence-electron chi connectivity index (χ4n) is 1.91. The summed E-state index contributed by atoms with van der Waals surface area (Å²) in [5.74, 6) is -0.0389. The second kappa shape index (κ2) is 6.83. The van der Waals surface area contributed by atoms with Crippen molar-refractivity contribution >= 4 is 5.91 Å². The molecular formula is C11H22N2O3. The molecule has 0 bridgehead atoms. The van der Waals surface area contributed by atoms with Crippen LogP contribution in [0.5, 0.6) is 0 Å². The highest BCUT2D eigenvalue weighted by Gasteiger charge is 2.26. The lowest BCUT2D eigenvalue weighted by Gasteiger charge is -2.27. The first kappa shape index (κ1) is 13.4. The Morgan fingerprint density at radius 3 is 2.88 bits per heavy atom. The van der Waals surface area contributed by atoms with Gasteiger partial charge in [0.05, 0.1) is 6.10 Å². The number of nitrogens with two attached hydrogens (primary N) is 1. The summed E-state index contributed by atoms with van der Waals surface area (Å²) in [6, 6.07) is 0. The highest BCUT2D eigenvalue weighted by Crippen LogP contribution is 2.14. The Morgan fingerprint density at radius 2 is 2.44 bits per heavy atom. The Morgan fingerprint density at radius 1 is 1.69 bits per heavy atom. The number of likely N-dealkylation sites (N-methyl/N-ethyl adjacent to an activating group) is 1. The van der Waals surface area contributed by atoms with Crippen LogP contribution >= 0.6 is 0 Å². The highest BCUT2D eigenvalue weighted by atomic mass is 16.5. The fraction of sp³-hybridized carbons (Fsp3) is 0.909. The van der Waals surface area contributed by atoms with E-state index in [0.717, 1.165) is 19.4 Å². The molecule has 16 heavy (non-hydrogen) atoms. The van der Waals surface area contributed by atoms with Crippen LogP contribution in [0, 0.1) is 0 Å². The number of hydrogen-bond acceptors (Lipinski definition) is 4. The minimum Gasteiger partial charge on any atom is -0.376 e. The second-order valence-electron chi connectivity index (χ2n) is 3.97. The molecule has 0 spiro atoms. The van der Waals surface area contributed by atoms with Gasteiger partial charge in [0.25, 0.3) is 5.91 Å². The van der Waals surface area contributed by atoms with Gasteiger partial charge in [-0.25, -0.2) is 0 Å². The number of carbonyl (C=O) groups is 1. The van der Waals surface area contributed by atoms with Crippen LogP contribution in [0.3, 0.4) is 0 Å². The molecule has 1 aliphatic heterocycles. The van der Waals surface area contributed by atoms with Crippen LogP contribution in [0.2, 0.25) is 0 Å². The number of nitrogens with zero attached hydrogens (tertiary/aromatic N) is 1. The van der Waals surface area contributed by atoms with Gasteiger partial charge in [-0.3, -0.25) is 4.79 Å². The van der Waals surface area contributed by atoms with Crippen LogP contribution in [-0.4, -0.2) is 56.4 Å². The maximum atomic E-state index is 12.0. The number of carbonyl (C=O) groups excluding carboxylic acids is 1. The smallest absolute Gasteiger partial charge is 0.253 e. The zero-order valence-corrected chi connectivity index (χ0v) is 10.1. The van der Waals surface area contributed by atoms with E-state index >= 15 is 0 Å². The predicted octanol–water partition coefficient (Wildman–Crippen LogP) is -0.0124. The molecule has 1 saturated heterocycles. The Balaban J connectivity index is 2.48. The standard InChI is InChI=1S/C11H22N2O3/c1-3-13(8-9-5-4-6-16-9)11(14)10(7-12)15-2/h9-10H,3-8,12H2,1-2H3. The van der Waals surface area contributed by atoms with E-state index < -0.39 is 6.10 Å². The van der Waals surface area contributed by atoms with Crippen LogP contribution in [0.1, 0.15) is 19.8 Å². The lowest BCUT2D eigenvalue weighted by Crippen LogP contribution is -2.46. The molecule has 1 fully saturated rings. The second-order valence-corrected chi connectivity index (χ2v) is 3.97. The zero-order valence-electron chi connectivity index (χ0n) is 10.1. The lowest BCUT2D eigenvalue weighted by atomic mass is 10.2. The number of rotatable bonds is 6. The number of ether oxygens (including phenoxy) is 2. The summed E-state index contributed by atoms with van der Waals surface area (Å²) < 4.78 is 10.6. The molecule has 1 aliphatic rings. The average Bonchev–Trinajstić information content (AvgIpc) is 2.80. The van der Waals surface area contributed by atoms with Crippen LogP contribution in [0.15, 0.2) is 0 Å². The molecule has 2 N–H and O–H groups in total. The Kier molecular flexibility index (Phi) is 5.73. The molecule has 0 saturated carbocycles. The van der Waals surface area contributed by atoms with Crippen molar-refractivity contribution in [3.8, 4) is 0 Å². The van der Waals surface area contributed by atoms with Crippen molar-refractivity contribution in [3.05, 3.63) is 0 Å². The van der Waals surface area contributed by atoms with Crippen molar-refractivity contribution in [2.24, 2.45) is 5.73 Å². The molecule has 2 atom stereocenters. The third-order valence-electron chi connectivity index (χ3n) is 2.92. The van der Waals surface area contributed by atoms with Gasteiger partial charge in [0, 0.05) is 33.4 Å². The molecule has 0 radical (unpaired) electrons. The molecular weight excluding hydrogens is 208 g/mol. The van der Waals surface area contributed by atoms with E-state index in [1.165, 1.54) is 7.11 Å². The van der Waals surface area contributed by atoms with Crippen molar-refractivity contribution in [1.82, 2.24) is 4.90 Å². The van der Waals surface area contributed by atoms with Gasteiger partial charge in [-0.15, -0.1) is 0 Å². The van der Waals surface area contributed by atoms with Crippen LogP contribution < -0.4 is 5.73 Å². The molecule has 1 rings (SSSR count). The largest absolute Gasteiger partial charge is 0.376 e. The van der Waals surface area contributed by atoms with Gasteiger partial charge >= 0.3 is 0 Å². The van der Waals surface area contributed by atoms with Gasteiger partial charge in [0.2, 0.25) is 0 Å². The number of hydrogen-bond donors (Lipinski definition) is 1. The van der Waals surface area contributed by atoms with E-state index in [1.807, 2.05) is 6.92 Å². The van der Waals surface area contributed by atoms with E-state index in [4.69, 9.17) is 15.2 Å². The van der Waals surface area contributed by atoms with E-state index in [-0.39, 0.29) is 18.6 Å². The van der Waals surface area contributed by atoms with Crippen LogP contribution in [0.4, 0.5) is 0 Å². The van der Waals surface area contributed by atoms with Crippen molar-refractivity contribution in [2.75, 3.05) is 33.4 Å². The van der Waals surface area contributed by atoms with Crippen molar-refractivity contribution in [1.29, 1.82) is 0 Å². The summed E-state index contributed by atoms with van der Waals surface area (Å²) in [4.78, 5) is 13.8. The normalized spacial score (nSPS) is 22.1. The first-order valence-electron chi connectivity index (χ1n) is 5.86. The highest BCUT2D eigenvalue weighted by molar-refractivity contribution is 5.81. The van der Waals surface area contributed by atoms with E-state index in [0.29, 0.717) is 13.1 Å². The van der Waals surface area contributed by atoms with Gasteiger partial charge in [0.1, 0.15) is 6.10 Å². The predicted molar refractivity (Wildman–Crippen MR) is 61.1 cm³/mol. The Hall–Kier alpha value is -0.650. The van der Waals surface area contributed by atoms with Gasteiger partial charge in [-0.05, 0) is 19.8 Å². The van der Waals surface area contributed by atoms with E-state index in [1.54, 1.807) is 4.90 Å². The van der Waals surface area contributed by atoms with Gasteiger partial charge in [-0.2, -0.15) is 0 Å². The van der Waals surface area contributed by atoms with Crippen molar-refractivity contribution < 1.29 is 14.3 Å². The first-order valence-corrected chi connectivity index (χ1v) is 5.86. The molecule has 0 aliphatic carbocycles. The summed E-state index contributed by atoms with van der Waals surface area (Å²) in [6.45, 7) is 4.29. The molecule has 94 valence electrons. The van der Waals surface area contributed by atoms with Crippen LogP contribution in [-0.2, 0) is 14.3 Å². The van der Waals surface area contributed by atoms with Crippen molar-refractivity contribution in [3.63, 3.8) is 0 Å². The summed E-state index contributed by atoms with van der Waals surface area (Å²) in [6.07, 6.45) is 1.77. The minimum absolute atomic E-state index is 0.0389. The zero-order chi connectivity index (χ0) is 12.0. The maximum absolute atomic E-state index is 12.0. The monoisotopic (exact) mass is 230 g/mol. The first-order chi connectivity index (χ1) is 7.72. The number of amides is 1. The van der Waals surface area contributed by atoms with E-state index in [2.05, 4.69) is 0 Å². The molecule has 1 amide bonds. The molecule has 2 unspecified atom stereocenters. The van der Waals surface area contributed by atoms with Gasteiger partial charge in [-0.1, -0.05) is 0 Å². The summed E-state index contributed by atoms with van der Waals surface area (Å²) in [7, 11) is 1.51. The quantitative estimate of drug-likeness (QED) is 0.697. The Labute approximate surface area is 96.9 Å². The van der Waals surface area contributed by atoms with Crippen LogP contribution in [0.25, 0.3) is 0 Å².